The van der Waals surface area contributed by atoms with Gasteiger partial charge in [-0.25, -0.2) is 0 Å². The molecule has 186 valence electrons. The maximum absolute atomic E-state index is 12.5. The summed E-state index contributed by atoms with van der Waals surface area (Å²) in [7, 11) is 0. The number of amides is 3. The van der Waals surface area contributed by atoms with Crippen LogP contribution >= 0.6 is 0 Å². The molecule has 11 heteroatoms. The van der Waals surface area contributed by atoms with Crippen LogP contribution in [-0.2, 0) is 14.4 Å². The Morgan fingerprint density at radius 2 is 1.67 bits per heavy atom. The average molecular weight is 466 g/mol. The lowest BCUT2D eigenvalue weighted by Crippen LogP contribution is -2.59. The fraction of sp³-hybridized carbons (Fsp3) is 0.818. The normalized spacial score (nSPS) is 32.5. The smallest absolute Gasteiger partial charge is 0.239 e. The molecule has 0 aromatic rings. The minimum atomic E-state index is -1.05. The van der Waals surface area contributed by atoms with Gasteiger partial charge >= 0.3 is 0 Å². The van der Waals surface area contributed by atoms with Gasteiger partial charge in [0, 0.05) is 30.5 Å². The number of aliphatic hydroxyl groups excluding tert-OH is 1. The Hall–Kier alpha value is -2.40. The van der Waals surface area contributed by atoms with Crippen molar-refractivity contribution in [1.82, 2.24) is 20.9 Å². The molecule has 1 saturated heterocycles. The van der Waals surface area contributed by atoms with Crippen LogP contribution < -0.4 is 27.4 Å². The number of likely N-dealkylation sites (tertiary alicyclic amines) is 1. The fourth-order valence-electron chi connectivity index (χ4n) is 5.24. The van der Waals surface area contributed by atoms with E-state index >= 15 is 0 Å². The Morgan fingerprint density at radius 3 is 2.33 bits per heavy atom. The third kappa shape index (κ3) is 7.04. The molecule has 0 bridgehead atoms. The van der Waals surface area contributed by atoms with Gasteiger partial charge in [0.1, 0.15) is 6.23 Å². The number of nitrogens with one attached hydrogen (secondary N) is 4. The van der Waals surface area contributed by atoms with Crippen LogP contribution in [0.25, 0.3) is 0 Å². The highest BCUT2D eigenvalue weighted by molar-refractivity contribution is 5.86. The number of hydrogen-bond acceptors (Lipinski definition) is 6. The van der Waals surface area contributed by atoms with E-state index < -0.39 is 12.3 Å². The van der Waals surface area contributed by atoms with Crippen LogP contribution in [0.3, 0.4) is 0 Å². The average Bonchev–Trinajstić information content (AvgIpc) is 2.79. The predicted octanol–water partition coefficient (Wildman–Crippen LogP) is -0.912. The topological polar surface area (TPSA) is 187 Å². The lowest BCUT2D eigenvalue weighted by atomic mass is 9.83. The van der Waals surface area contributed by atoms with Gasteiger partial charge in [0.05, 0.1) is 12.6 Å². The van der Waals surface area contributed by atoms with Crippen molar-refractivity contribution in [3.05, 3.63) is 0 Å². The molecule has 3 amide bonds. The van der Waals surface area contributed by atoms with Gasteiger partial charge < -0.3 is 37.4 Å². The first kappa shape index (κ1) is 25.2. The Labute approximate surface area is 194 Å². The van der Waals surface area contributed by atoms with E-state index in [2.05, 4.69) is 16.0 Å². The summed E-state index contributed by atoms with van der Waals surface area (Å²) in [6.45, 7) is 0.303. The zero-order chi connectivity index (χ0) is 24.0. The van der Waals surface area contributed by atoms with Crippen LogP contribution in [0.1, 0.15) is 64.2 Å². The minimum Gasteiger partial charge on any atom is -0.371 e. The third-order valence-electron chi connectivity index (χ3n) is 7.20. The molecule has 1 unspecified atom stereocenters. The first-order valence-electron chi connectivity index (χ1n) is 12.2. The largest absolute Gasteiger partial charge is 0.371 e. The molecule has 3 fully saturated rings. The fourth-order valence-corrected chi connectivity index (χ4v) is 5.24. The van der Waals surface area contributed by atoms with Gasteiger partial charge in [0.25, 0.3) is 0 Å². The van der Waals surface area contributed by atoms with Gasteiger partial charge in [-0.2, -0.15) is 0 Å². The summed E-state index contributed by atoms with van der Waals surface area (Å²) < 4.78 is 0. The number of nitrogens with zero attached hydrogens (tertiary/aromatic N) is 1. The van der Waals surface area contributed by atoms with Gasteiger partial charge in [-0.1, -0.05) is 6.42 Å². The van der Waals surface area contributed by atoms with Crippen molar-refractivity contribution in [2.75, 3.05) is 13.1 Å². The van der Waals surface area contributed by atoms with Crippen LogP contribution in [0.4, 0.5) is 0 Å². The minimum absolute atomic E-state index is 0.00140. The third-order valence-corrected chi connectivity index (χ3v) is 7.20. The molecule has 1 aliphatic heterocycles. The zero-order valence-electron chi connectivity index (χ0n) is 19.2. The Balaban J connectivity index is 1.35. The Bertz CT molecular complexity index is 726. The summed E-state index contributed by atoms with van der Waals surface area (Å²) in [6.07, 6.45) is 6.65. The van der Waals surface area contributed by atoms with Crippen LogP contribution in [-0.4, -0.2) is 71.1 Å². The number of rotatable bonds is 6. The quantitative estimate of drug-likeness (QED) is 0.195. The van der Waals surface area contributed by atoms with Crippen molar-refractivity contribution in [1.29, 1.82) is 5.41 Å². The van der Waals surface area contributed by atoms with E-state index in [4.69, 9.17) is 16.9 Å². The van der Waals surface area contributed by atoms with Gasteiger partial charge in [-0.3, -0.25) is 19.8 Å². The molecule has 11 nitrogen and oxygen atoms in total. The predicted molar refractivity (Wildman–Crippen MR) is 123 cm³/mol. The molecular weight excluding hydrogens is 426 g/mol. The number of aliphatic hydroxyl groups is 1. The van der Waals surface area contributed by atoms with E-state index in [0.29, 0.717) is 32.2 Å². The van der Waals surface area contributed by atoms with Crippen LogP contribution in [0.15, 0.2) is 0 Å². The first-order valence-corrected chi connectivity index (χ1v) is 12.2. The van der Waals surface area contributed by atoms with E-state index in [1.807, 2.05) is 0 Å². The molecule has 9 N–H and O–H groups in total. The van der Waals surface area contributed by atoms with E-state index in [1.165, 1.54) is 4.90 Å². The zero-order valence-corrected chi connectivity index (χ0v) is 19.2. The SMILES string of the molecule is N=C(N)N1CCC[C@H](NC(=O)CNC(=O)C2CCC(NC(=O)[C@H]3CCC[C@H](N)C3)CC2)C1O. The summed E-state index contributed by atoms with van der Waals surface area (Å²) >= 11 is 0. The van der Waals surface area contributed by atoms with Crippen molar-refractivity contribution < 1.29 is 19.5 Å². The van der Waals surface area contributed by atoms with E-state index in [0.717, 1.165) is 38.5 Å². The van der Waals surface area contributed by atoms with Crippen LogP contribution in [0, 0.1) is 17.2 Å². The number of carbonyl (C=O) groups excluding carboxylic acids is 3. The maximum atomic E-state index is 12.5. The van der Waals surface area contributed by atoms with Crippen molar-refractivity contribution in [3.63, 3.8) is 0 Å². The molecule has 4 atom stereocenters. The molecule has 0 radical (unpaired) electrons. The molecule has 0 aromatic heterocycles. The van der Waals surface area contributed by atoms with Crippen molar-refractivity contribution in [3.8, 4) is 0 Å². The van der Waals surface area contributed by atoms with E-state index in [-0.39, 0.29) is 54.1 Å². The lowest BCUT2D eigenvalue weighted by molar-refractivity contribution is -0.130. The Morgan fingerprint density at radius 1 is 0.939 bits per heavy atom. The molecule has 2 saturated carbocycles. The van der Waals surface area contributed by atoms with Crippen molar-refractivity contribution in [2.24, 2.45) is 23.3 Å². The summed E-state index contributed by atoms with van der Waals surface area (Å²) in [5.74, 6) is -0.875. The van der Waals surface area contributed by atoms with Crippen LogP contribution in [0.2, 0.25) is 0 Å². The van der Waals surface area contributed by atoms with Gasteiger partial charge in [0.15, 0.2) is 5.96 Å². The first-order chi connectivity index (χ1) is 15.7. The highest BCUT2D eigenvalue weighted by atomic mass is 16.3. The van der Waals surface area contributed by atoms with Gasteiger partial charge in [0.2, 0.25) is 17.7 Å². The van der Waals surface area contributed by atoms with Gasteiger partial charge in [-0.05, 0) is 57.8 Å². The second-order valence-corrected chi connectivity index (χ2v) is 9.71. The molecule has 3 rings (SSSR count). The second-order valence-electron chi connectivity index (χ2n) is 9.71. The molecule has 0 spiro atoms. The van der Waals surface area contributed by atoms with E-state index in [9.17, 15) is 19.5 Å². The summed E-state index contributed by atoms with van der Waals surface area (Å²) in [5, 5.41) is 26.3. The molecule has 1 heterocycles. The number of nitrogens with two attached hydrogens (primary N) is 2. The van der Waals surface area contributed by atoms with E-state index in [1.54, 1.807) is 0 Å². The van der Waals surface area contributed by atoms with Gasteiger partial charge in [-0.15, -0.1) is 0 Å². The molecule has 2 aliphatic carbocycles. The summed E-state index contributed by atoms with van der Waals surface area (Å²) in [5.41, 5.74) is 11.5. The number of guanidine groups is 1. The second kappa shape index (κ2) is 11.6. The van der Waals surface area contributed by atoms with Crippen LogP contribution in [0.5, 0.6) is 0 Å². The molecule has 3 aliphatic rings. The highest BCUT2D eigenvalue weighted by Crippen LogP contribution is 2.27. The highest BCUT2D eigenvalue weighted by Gasteiger charge is 2.33. The van der Waals surface area contributed by atoms with Crippen molar-refractivity contribution in [2.45, 2.75) is 88.6 Å². The monoisotopic (exact) mass is 465 g/mol. The number of piperidine rings is 1. The summed E-state index contributed by atoms with van der Waals surface area (Å²) in [4.78, 5) is 38.6. The number of carbonyl (C=O) groups is 3. The molecular formula is C22H39N7O4. The lowest BCUT2D eigenvalue weighted by Gasteiger charge is -2.38. The standard InChI is InChI=1S/C22H39N7O4/c23-15-4-1-3-14(11-15)20(32)27-16-8-6-13(7-9-16)19(31)26-12-18(30)28-17-5-2-10-29(21(17)33)22(24)25/h13-17,21,33H,1-12,23H2,(H3,24,25)(H,26,31)(H,27,32)(H,28,30)/t13?,14-,15-,16?,17-,21?/m0/s1. The molecule has 33 heavy (non-hydrogen) atoms. The summed E-state index contributed by atoms with van der Waals surface area (Å²) in [6, 6.07) is -0.342. The molecule has 0 aromatic carbocycles. The number of hydrogen-bond donors (Lipinski definition) is 7. The van der Waals surface area contributed by atoms with Crippen molar-refractivity contribution >= 4 is 23.7 Å². The Kier molecular flexibility index (Phi) is 8.90. The maximum Gasteiger partial charge on any atom is 0.239 e.